The van der Waals surface area contributed by atoms with Gasteiger partial charge in [0, 0.05) is 13.7 Å². The second-order valence-corrected chi connectivity index (χ2v) is 6.39. The molecule has 3 heteroatoms. The van der Waals surface area contributed by atoms with Crippen LogP contribution >= 0.6 is 8.35 Å². The van der Waals surface area contributed by atoms with Gasteiger partial charge >= 0.3 is 0 Å². The Morgan fingerprint density at radius 3 is 2.59 bits per heavy atom. The number of alkyl halides is 1. The van der Waals surface area contributed by atoms with Crippen LogP contribution in [0.2, 0.25) is 0 Å². The first-order valence-electron chi connectivity index (χ1n) is 7.32. The first-order valence-corrected chi connectivity index (χ1v) is 8.23. The standard InChI is InChI=1S/C19H15FNP/c20-19(16-9-2-1-3-10-16)13-7-6-12-18(19)21-17-11-5-4-8-15(17)14-22-21/h1-14,18H. The second kappa shape index (κ2) is 5.23. The number of fused-ring (bicyclic) bond motifs is 1. The fourth-order valence-corrected chi connectivity index (χ4v) is 4.20. The molecule has 0 bridgehead atoms. The summed E-state index contributed by atoms with van der Waals surface area (Å²) in [7, 11) is 1.01. The maximum absolute atomic E-state index is 15.9. The highest BCUT2D eigenvalue weighted by atomic mass is 31.0. The van der Waals surface area contributed by atoms with Gasteiger partial charge in [-0.1, -0.05) is 66.8 Å². The number of hydrogen-bond donors (Lipinski definition) is 0. The molecule has 22 heavy (non-hydrogen) atoms. The van der Waals surface area contributed by atoms with Gasteiger partial charge in [-0.15, -0.1) is 0 Å². The van der Waals surface area contributed by atoms with E-state index < -0.39 is 5.67 Å². The molecule has 2 unspecified atom stereocenters. The first kappa shape index (κ1) is 13.5. The van der Waals surface area contributed by atoms with E-state index in [-0.39, 0.29) is 6.04 Å². The topological polar surface area (TPSA) is 4.93 Å². The number of benzene rings is 2. The van der Waals surface area contributed by atoms with E-state index in [0.29, 0.717) is 5.56 Å². The Morgan fingerprint density at radius 1 is 0.955 bits per heavy atom. The summed E-state index contributed by atoms with van der Waals surface area (Å²) in [6.45, 7) is 0. The largest absolute Gasteiger partial charge is 0.313 e. The number of halogens is 1. The number of para-hydroxylation sites is 1. The molecule has 2 atom stereocenters. The van der Waals surface area contributed by atoms with Gasteiger partial charge in [-0.05, 0) is 23.5 Å². The minimum absolute atomic E-state index is 0.346. The van der Waals surface area contributed by atoms with Gasteiger partial charge in [0.25, 0.3) is 0 Å². The molecular formula is C19H15FNP. The Balaban J connectivity index is 1.89. The lowest BCUT2D eigenvalue weighted by atomic mass is 9.85. The molecular weight excluding hydrogens is 292 g/mol. The van der Waals surface area contributed by atoms with E-state index in [1.54, 1.807) is 12.2 Å². The van der Waals surface area contributed by atoms with Gasteiger partial charge in [0.1, 0.15) is 0 Å². The zero-order valence-corrected chi connectivity index (χ0v) is 12.8. The average Bonchev–Trinajstić information content (AvgIpc) is 3.00. The highest BCUT2D eigenvalue weighted by Crippen LogP contribution is 2.45. The number of nitrogens with zero attached hydrogens (tertiary/aromatic N) is 1. The highest BCUT2D eigenvalue weighted by molar-refractivity contribution is 7.26. The average molecular weight is 307 g/mol. The maximum atomic E-state index is 15.9. The highest BCUT2D eigenvalue weighted by Gasteiger charge is 2.40. The molecule has 1 nitrogen and oxygen atoms in total. The van der Waals surface area contributed by atoms with E-state index in [0.717, 1.165) is 13.9 Å². The van der Waals surface area contributed by atoms with Gasteiger partial charge in [0.2, 0.25) is 0 Å². The Hall–Kier alpha value is -2.18. The molecule has 0 radical (unpaired) electrons. The summed E-state index contributed by atoms with van der Waals surface area (Å²) in [6, 6.07) is 17.2. The van der Waals surface area contributed by atoms with E-state index in [1.165, 1.54) is 5.39 Å². The van der Waals surface area contributed by atoms with Crippen molar-refractivity contribution in [2.75, 3.05) is 0 Å². The van der Waals surface area contributed by atoms with Crippen LogP contribution in [0.15, 0.2) is 84.7 Å². The Morgan fingerprint density at radius 2 is 1.73 bits per heavy atom. The molecule has 108 valence electrons. The lowest BCUT2D eigenvalue weighted by Gasteiger charge is -2.33. The summed E-state index contributed by atoms with van der Waals surface area (Å²) in [5.74, 6) is 2.13. The summed E-state index contributed by atoms with van der Waals surface area (Å²) in [6.07, 6.45) is 7.35. The third-order valence-electron chi connectivity index (χ3n) is 4.16. The molecule has 2 aromatic carbocycles. The van der Waals surface area contributed by atoms with Crippen LogP contribution in [0.25, 0.3) is 10.9 Å². The van der Waals surface area contributed by atoms with Gasteiger partial charge in [-0.2, -0.15) is 0 Å². The van der Waals surface area contributed by atoms with Gasteiger partial charge in [0.15, 0.2) is 5.67 Å². The molecule has 0 amide bonds. The molecule has 0 aliphatic heterocycles. The normalized spacial score (nSPS) is 24.3. The molecule has 1 aromatic heterocycles. The summed E-state index contributed by atoms with van der Waals surface area (Å²) in [5.41, 5.74) is 0.265. The molecule has 1 heterocycles. The van der Waals surface area contributed by atoms with Crippen LogP contribution in [-0.2, 0) is 5.67 Å². The fraction of sp³-hybridized carbons (Fsp3) is 0.105. The molecule has 1 aliphatic rings. The van der Waals surface area contributed by atoms with Crippen molar-refractivity contribution in [2.24, 2.45) is 0 Å². The van der Waals surface area contributed by atoms with E-state index in [4.69, 9.17) is 0 Å². The summed E-state index contributed by atoms with van der Waals surface area (Å²) < 4.78 is 18.0. The van der Waals surface area contributed by atoms with Crippen molar-refractivity contribution in [1.82, 2.24) is 4.33 Å². The molecule has 4 rings (SSSR count). The third-order valence-corrected chi connectivity index (χ3v) is 5.26. The smallest absolute Gasteiger partial charge is 0.178 e. The van der Waals surface area contributed by atoms with E-state index in [1.807, 2.05) is 54.6 Å². The van der Waals surface area contributed by atoms with Crippen LogP contribution in [0.3, 0.4) is 0 Å². The molecule has 1 aliphatic carbocycles. The quantitative estimate of drug-likeness (QED) is 0.568. The number of allylic oxidation sites excluding steroid dienone is 4. The van der Waals surface area contributed by atoms with Crippen molar-refractivity contribution >= 4 is 19.3 Å². The second-order valence-electron chi connectivity index (χ2n) is 5.47. The van der Waals surface area contributed by atoms with E-state index in [9.17, 15) is 0 Å². The van der Waals surface area contributed by atoms with Crippen LogP contribution in [0.1, 0.15) is 11.6 Å². The van der Waals surface area contributed by atoms with Gasteiger partial charge < -0.3 is 4.33 Å². The third kappa shape index (κ3) is 2.03. The lowest BCUT2D eigenvalue weighted by molar-refractivity contribution is 0.177. The van der Waals surface area contributed by atoms with Crippen molar-refractivity contribution in [1.29, 1.82) is 0 Å². The van der Waals surface area contributed by atoms with Crippen LogP contribution in [-0.4, -0.2) is 4.33 Å². The minimum Gasteiger partial charge on any atom is -0.313 e. The lowest BCUT2D eigenvalue weighted by Crippen LogP contribution is -2.30. The fourth-order valence-electron chi connectivity index (χ4n) is 3.04. The summed E-state index contributed by atoms with van der Waals surface area (Å²) in [4.78, 5) is 0. The molecule has 3 aromatic rings. The minimum atomic E-state index is -1.52. The van der Waals surface area contributed by atoms with Crippen molar-refractivity contribution < 1.29 is 4.39 Å². The molecule has 0 fully saturated rings. The number of aromatic nitrogens is 1. The van der Waals surface area contributed by atoms with E-state index >= 15 is 4.39 Å². The van der Waals surface area contributed by atoms with Gasteiger partial charge in [0.05, 0.1) is 11.6 Å². The number of rotatable bonds is 2. The molecule has 0 saturated carbocycles. The van der Waals surface area contributed by atoms with Crippen LogP contribution in [0.4, 0.5) is 4.39 Å². The zero-order chi connectivity index (χ0) is 15.0. The van der Waals surface area contributed by atoms with E-state index in [2.05, 4.69) is 22.3 Å². The van der Waals surface area contributed by atoms with Gasteiger partial charge in [-0.3, -0.25) is 0 Å². The van der Waals surface area contributed by atoms with Crippen molar-refractivity contribution in [2.45, 2.75) is 11.7 Å². The zero-order valence-electron chi connectivity index (χ0n) is 11.9. The summed E-state index contributed by atoms with van der Waals surface area (Å²) >= 11 is 0. The maximum Gasteiger partial charge on any atom is 0.178 e. The van der Waals surface area contributed by atoms with Crippen molar-refractivity contribution in [3.05, 3.63) is 90.3 Å². The Kier molecular flexibility index (Phi) is 3.20. The predicted molar refractivity (Wildman–Crippen MR) is 91.0 cm³/mol. The predicted octanol–water partition coefficient (Wildman–Crippen LogP) is 5.75. The van der Waals surface area contributed by atoms with Crippen molar-refractivity contribution in [3.8, 4) is 0 Å². The first-order chi connectivity index (χ1) is 10.8. The Labute approximate surface area is 130 Å². The van der Waals surface area contributed by atoms with Crippen LogP contribution in [0, 0.1) is 0 Å². The van der Waals surface area contributed by atoms with Crippen molar-refractivity contribution in [3.63, 3.8) is 0 Å². The summed E-state index contributed by atoms with van der Waals surface area (Å²) in [5, 5.41) is 1.17. The van der Waals surface area contributed by atoms with Crippen LogP contribution < -0.4 is 0 Å². The molecule has 0 spiro atoms. The Bertz CT molecular complexity index is 865. The monoisotopic (exact) mass is 307 g/mol. The van der Waals surface area contributed by atoms with Crippen LogP contribution in [0.5, 0.6) is 0 Å². The molecule has 0 N–H and O–H groups in total. The molecule has 0 saturated heterocycles. The number of hydrogen-bond acceptors (Lipinski definition) is 0. The van der Waals surface area contributed by atoms with Gasteiger partial charge in [-0.25, -0.2) is 4.39 Å². The SMILES string of the molecule is FC1(c2ccccc2)C=CC=CC1n1pcc2ccccc21.